The molecule has 1 unspecified atom stereocenters. The average molecular weight is 346 g/mol. The van der Waals surface area contributed by atoms with Crippen LogP contribution < -0.4 is 10.1 Å². The number of hydrogen-bond donors (Lipinski definition) is 1. The molecule has 0 radical (unpaired) electrons. The van der Waals surface area contributed by atoms with E-state index in [9.17, 15) is 4.79 Å². The van der Waals surface area contributed by atoms with Gasteiger partial charge in [0.1, 0.15) is 5.75 Å². The van der Waals surface area contributed by atoms with Gasteiger partial charge in [0.05, 0.1) is 25.4 Å². The molecular formula is C18H22N2O3S. The lowest BCUT2D eigenvalue weighted by atomic mass is 10.2. The maximum atomic E-state index is 12.8. The van der Waals surface area contributed by atoms with Gasteiger partial charge in [0, 0.05) is 18.0 Å². The number of methoxy groups -OCH3 is 1. The van der Waals surface area contributed by atoms with Crippen LogP contribution in [0.25, 0.3) is 0 Å². The van der Waals surface area contributed by atoms with Crippen molar-refractivity contribution in [3.05, 3.63) is 46.7 Å². The van der Waals surface area contributed by atoms with E-state index < -0.39 is 0 Å². The zero-order chi connectivity index (χ0) is 16.8. The average Bonchev–Trinajstić information content (AvgIpc) is 3.28. The third kappa shape index (κ3) is 4.27. The van der Waals surface area contributed by atoms with E-state index in [1.807, 2.05) is 46.7 Å². The van der Waals surface area contributed by atoms with Gasteiger partial charge in [-0.05, 0) is 36.4 Å². The number of para-hydroxylation sites is 2. The lowest BCUT2D eigenvalue weighted by molar-refractivity contribution is 0.0821. The van der Waals surface area contributed by atoms with Crippen molar-refractivity contribution < 1.29 is 14.3 Å². The number of carbonyl (C=O) groups is 1. The van der Waals surface area contributed by atoms with Crippen LogP contribution in [0.4, 0.5) is 10.5 Å². The molecule has 2 amide bonds. The first-order valence-electron chi connectivity index (χ1n) is 8.09. The van der Waals surface area contributed by atoms with Gasteiger partial charge < -0.3 is 19.7 Å². The molecule has 5 nitrogen and oxygen atoms in total. The predicted molar refractivity (Wildman–Crippen MR) is 95.7 cm³/mol. The van der Waals surface area contributed by atoms with E-state index in [-0.39, 0.29) is 12.1 Å². The molecule has 2 heterocycles. The minimum absolute atomic E-state index is 0.119. The number of rotatable bonds is 6. The van der Waals surface area contributed by atoms with Crippen LogP contribution in [0.2, 0.25) is 0 Å². The smallest absolute Gasteiger partial charge is 0.322 e. The second-order valence-corrected chi connectivity index (χ2v) is 6.76. The van der Waals surface area contributed by atoms with Crippen LogP contribution in [0, 0.1) is 0 Å². The third-order valence-corrected chi connectivity index (χ3v) is 4.87. The fourth-order valence-electron chi connectivity index (χ4n) is 2.79. The quantitative estimate of drug-likeness (QED) is 0.861. The van der Waals surface area contributed by atoms with E-state index in [2.05, 4.69) is 5.32 Å². The molecule has 2 aromatic rings. The van der Waals surface area contributed by atoms with Crippen molar-refractivity contribution in [3.8, 4) is 5.75 Å². The van der Waals surface area contributed by atoms with Crippen LogP contribution in [0.1, 0.15) is 17.7 Å². The summed E-state index contributed by atoms with van der Waals surface area (Å²) in [6.45, 7) is 1.96. The zero-order valence-electron chi connectivity index (χ0n) is 13.7. The van der Waals surface area contributed by atoms with Crippen molar-refractivity contribution in [1.82, 2.24) is 4.90 Å². The Hall–Kier alpha value is -2.05. The van der Waals surface area contributed by atoms with Gasteiger partial charge in [-0.3, -0.25) is 0 Å². The number of ether oxygens (including phenoxy) is 2. The van der Waals surface area contributed by atoms with Crippen molar-refractivity contribution in [3.63, 3.8) is 0 Å². The minimum Gasteiger partial charge on any atom is -0.495 e. The van der Waals surface area contributed by atoms with Crippen molar-refractivity contribution in [1.29, 1.82) is 0 Å². The normalized spacial score (nSPS) is 16.8. The van der Waals surface area contributed by atoms with Crippen LogP contribution in [0.5, 0.6) is 5.75 Å². The van der Waals surface area contributed by atoms with E-state index in [1.54, 1.807) is 18.4 Å². The second-order valence-electron chi connectivity index (χ2n) is 5.73. The highest BCUT2D eigenvalue weighted by Gasteiger charge is 2.23. The van der Waals surface area contributed by atoms with Crippen molar-refractivity contribution in [2.24, 2.45) is 0 Å². The maximum Gasteiger partial charge on any atom is 0.322 e. The van der Waals surface area contributed by atoms with E-state index >= 15 is 0 Å². The SMILES string of the molecule is COc1ccccc1NC(=O)N(Cc1cccs1)CC1CCCO1. The van der Waals surface area contributed by atoms with Gasteiger partial charge in [-0.15, -0.1) is 11.3 Å². The fraction of sp³-hybridized carbons (Fsp3) is 0.389. The molecule has 1 N–H and O–H groups in total. The first-order chi connectivity index (χ1) is 11.8. The molecule has 1 fully saturated rings. The molecule has 1 aromatic heterocycles. The summed E-state index contributed by atoms with van der Waals surface area (Å²) >= 11 is 1.65. The summed E-state index contributed by atoms with van der Waals surface area (Å²) in [7, 11) is 1.60. The predicted octanol–water partition coefficient (Wildman–Crippen LogP) is 3.97. The largest absolute Gasteiger partial charge is 0.495 e. The lowest BCUT2D eigenvalue weighted by Gasteiger charge is -2.25. The molecule has 1 saturated heterocycles. The van der Waals surface area contributed by atoms with Gasteiger partial charge in [-0.25, -0.2) is 4.79 Å². The number of benzene rings is 1. The van der Waals surface area contributed by atoms with Gasteiger partial charge in [-0.1, -0.05) is 18.2 Å². The summed E-state index contributed by atoms with van der Waals surface area (Å²) in [5, 5.41) is 4.98. The van der Waals surface area contributed by atoms with Gasteiger partial charge in [0.25, 0.3) is 0 Å². The topological polar surface area (TPSA) is 50.8 Å². The number of nitrogens with one attached hydrogen (secondary N) is 1. The molecule has 0 spiro atoms. The Balaban J connectivity index is 1.71. The van der Waals surface area contributed by atoms with Gasteiger partial charge in [-0.2, -0.15) is 0 Å². The number of hydrogen-bond acceptors (Lipinski definition) is 4. The standard InChI is InChI=1S/C18H22N2O3S/c1-22-17-9-3-2-8-16(17)19-18(21)20(12-14-6-4-10-23-14)13-15-7-5-11-24-15/h2-3,5,7-9,11,14H,4,6,10,12-13H2,1H3,(H,19,21). The molecule has 0 saturated carbocycles. The number of nitrogens with zero attached hydrogens (tertiary/aromatic N) is 1. The Morgan fingerprint density at radius 1 is 1.38 bits per heavy atom. The number of thiophene rings is 1. The first kappa shape index (κ1) is 16.8. The molecule has 3 rings (SSSR count). The molecule has 1 atom stereocenters. The van der Waals surface area contributed by atoms with Crippen LogP contribution >= 0.6 is 11.3 Å². The van der Waals surface area contributed by atoms with E-state index in [1.165, 1.54) is 0 Å². The van der Waals surface area contributed by atoms with Gasteiger partial charge in [0.15, 0.2) is 0 Å². The Morgan fingerprint density at radius 3 is 2.96 bits per heavy atom. The summed E-state index contributed by atoms with van der Waals surface area (Å²) in [5.41, 5.74) is 0.675. The summed E-state index contributed by atoms with van der Waals surface area (Å²) in [5.74, 6) is 0.652. The molecule has 6 heteroatoms. The molecule has 1 aliphatic heterocycles. The number of amides is 2. The molecule has 1 aromatic carbocycles. The zero-order valence-corrected chi connectivity index (χ0v) is 14.6. The van der Waals surface area contributed by atoms with E-state index in [0.29, 0.717) is 24.5 Å². The van der Waals surface area contributed by atoms with Gasteiger partial charge in [0.2, 0.25) is 0 Å². The van der Waals surface area contributed by atoms with Crippen LogP contribution in [0.3, 0.4) is 0 Å². The molecular weight excluding hydrogens is 324 g/mol. The molecule has 1 aliphatic rings. The Bertz CT molecular complexity index is 654. The van der Waals surface area contributed by atoms with Crippen LogP contribution in [0.15, 0.2) is 41.8 Å². The first-order valence-corrected chi connectivity index (χ1v) is 8.97. The highest BCUT2D eigenvalue weighted by molar-refractivity contribution is 7.09. The number of urea groups is 1. The number of anilines is 1. The monoisotopic (exact) mass is 346 g/mol. The summed E-state index contributed by atoms with van der Waals surface area (Å²) in [4.78, 5) is 15.8. The molecule has 0 aliphatic carbocycles. The third-order valence-electron chi connectivity index (χ3n) is 4.01. The minimum atomic E-state index is -0.136. The lowest BCUT2D eigenvalue weighted by Crippen LogP contribution is -2.39. The molecule has 0 bridgehead atoms. The Morgan fingerprint density at radius 2 is 2.25 bits per heavy atom. The fourth-order valence-corrected chi connectivity index (χ4v) is 3.51. The van der Waals surface area contributed by atoms with E-state index in [4.69, 9.17) is 9.47 Å². The van der Waals surface area contributed by atoms with Gasteiger partial charge >= 0.3 is 6.03 Å². The van der Waals surface area contributed by atoms with Crippen LogP contribution in [-0.2, 0) is 11.3 Å². The van der Waals surface area contributed by atoms with Crippen molar-refractivity contribution >= 4 is 23.1 Å². The van der Waals surface area contributed by atoms with Crippen molar-refractivity contribution in [2.45, 2.75) is 25.5 Å². The Labute approximate surface area is 146 Å². The second kappa shape index (κ2) is 8.17. The number of carbonyl (C=O) groups excluding carboxylic acids is 1. The summed E-state index contributed by atoms with van der Waals surface area (Å²) in [6, 6.07) is 11.3. The highest BCUT2D eigenvalue weighted by atomic mass is 32.1. The molecule has 24 heavy (non-hydrogen) atoms. The summed E-state index contributed by atoms with van der Waals surface area (Å²) < 4.78 is 11.0. The van der Waals surface area contributed by atoms with E-state index in [0.717, 1.165) is 24.3 Å². The van der Waals surface area contributed by atoms with Crippen molar-refractivity contribution in [2.75, 3.05) is 25.6 Å². The van der Waals surface area contributed by atoms with Crippen LogP contribution in [-0.4, -0.2) is 37.3 Å². The Kier molecular flexibility index (Phi) is 5.72. The summed E-state index contributed by atoms with van der Waals surface area (Å²) in [6.07, 6.45) is 2.18. The maximum absolute atomic E-state index is 12.8. The molecule has 128 valence electrons. The highest BCUT2D eigenvalue weighted by Crippen LogP contribution is 2.24.